The molecule has 7 heteroatoms. The van der Waals surface area contributed by atoms with Crippen molar-refractivity contribution in [3.05, 3.63) is 35.9 Å². The molecule has 26 heavy (non-hydrogen) atoms. The Labute approximate surface area is 158 Å². The Morgan fingerprint density at radius 1 is 1.15 bits per heavy atom. The topological polar surface area (TPSA) is 61.9 Å². The van der Waals surface area contributed by atoms with Crippen LogP contribution in [0.1, 0.15) is 33.3 Å². The molecule has 1 aliphatic heterocycles. The average molecular weight is 384 g/mol. The first-order valence-electron chi connectivity index (χ1n) is 9.53. The van der Waals surface area contributed by atoms with E-state index in [-0.39, 0.29) is 18.2 Å². The van der Waals surface area contributed by atoms with Gasteiger partial charge in [0.2, 0.25) is 0 Å². The Balaban J connectivity index is 2.05. The zero-order valence-corrected chi connectivity index (χ0v) is 17.2. The maximum absolute atomic E-state index is 12.8. The second-order valence-electron chi connectivity index (χ2n) is 6.99. The molecule has 1 aromatic rings. The number of hydrogen-bond donors (Lipinski definition) is 1. The summed E-state index contributed by atoms with van der Waals surface area (Å²) < 4.78 is 35.5. The molecule has 0 aromatic heterocycles. The van der Waals surface area contributed by atoms with E-state index in [9.17, 15) is 8.42 Å². The Morgan fingerprint density at radius 2 is 1.73 bits per heavy atom. The molecular weight excluding hydrogens is 350 g/mol. The molecule has 1 N–H and O–H groups in total. The van der Waals surface area contributed by atoms with E-state index in [0.717, 1.165) is 19.5 Å². The third kappa shape index (κ3) is 6.03. The lowest BCUT2D eigenvalue weighted by Gasteiger charge is -2.35. The largest absolute Gasteiger partial charge is 0.373 e. The van der Waals surface area contributed by atoms with E-state index in [0.29, 0.717) is 19.6 Å². The number of benzene rings is 1. The molecule has 0 aliphatic carbocycles. The molecule has 0 unspecified atom stereocenters. The van der Waals surface area contributed by atoms with E-state index in [4.69, 9.17) is 4.74 Å². The maximum Gasteiger partial charge on any atom is 0.279 e. The molecule has 3 atom stereocenters. The van der Waals surface area contributed by atoms with Gasteiger partial charge in [-0.25, -0.2) is 4.72 Å². The standard InChI is InChI=1S/C19H33N3O3S/c1-5-21(6-2)19(12-18-10-8-7-9-11-18)13-20-26(23,24)22-14-16(3)25-17(4)15-22/h7-11,16-17,19-20H,5-6,12-15H2,1-4H3/t16-,17+,19-/m0/s1. The molecule has 6 nitrogen and oxygen atoms in total. The fourth-order valence-electron chi connectivity index (χ4n) is 3.58. The average Bonchev–Trinajstić information content (AvgIpc) is 2.60. The number of nitrogens with one attached hydrogen (secondary N) is 1. The summed E-state index contributed by atoms with van der Waals surface area (Å²) in [7, 11) is -3.51. The Bertz CT molecular complexity index is 625. The number of ether oxygens (including phenoxy) is 1. The zero-order valence-electron chi connectivity index (χ0n) is 16.4. The van der Waals surface area contributed by atoms with Gasteiger partial charge >= 0.3 is 0 Å². The van der Waals surface area contributed by atoms with Crippen LogP contribution in [0, 0.1) is 0 Å². The molecule has 2 rings (SSSR count). The number of morpholine rings is 1. The highest BCUT2D eigenvalue weighted by atomic mass is 32.2. The fourth-order valence-corrected chi connectivity index (χ4v) is 4.97. The lowest BCUT2D eigenvalue weighted by Crippen LogP contribution is -2.54. The normalized spacial score (nSPS) is 23.3. The van der Waals surface area contributed by atoms with Gasteiger partial charge in [0.1, 0.15) is 0 Å². The Morgan fingerprint density at radius 3 is 2.27 bits per heavy atom. The van der Waals surface area contributed by atoms with Crippen LogP contribution < -0.4 is 4.72 Å². The highest BCUT2D eigenvalue weighted by molar-refractivity contribution is 7.87. The van der Waals surface area contributed by atoms with Gasteiger partial charge < -0.3 is 4.74 Å². The lowest BCUT2D eigenvalue weighted by atomic mass is 10.0. The van der Waals surface area contributed by atoms with E-state index >= 15 is 0 Å². The minimum absolute atomic E-state index is 0.0850. The van der Waals surface area contributed by atoms with Crippen molar-refractivity contribution in [3.8, 4) is 0 Å². The summed E-state index contributed by atoms with van der Waals surface area (Å²) in [5.74, 6) is 0. The zero-order chi connectivity index (χ0) is 19.2. The molecule has 1 saturated heterocycles. The molecule has 0 bridgehead atoms. The van der Waals surface area contributed by atoms with Crippen molar-refractivity contribution in [1.29, 1.82) is 0 Å². The van der Waals surface area contributed by atoms with E-state index in [1.165, 1.54) is 9.87 Å². The monoisotopic (exact) mass is 383 g/mol. The summed E-state index contributed by atoms with van der Waals surface area (Å²) in [6.07, 6.45) is 0.650. The van der Waals surface area contributed by atoms with Crippen LogP contribution in [0.15, 0.2) is 30.3 Å². The number of hydrogen-bond acceptors (Lipinski definition) is 4. The minimum atomic E-state index is -3.51. The van der Waals surface area contributed by atoms with Gasteiger partial charge in [-0.1, -0.05) is 44.2 Å². The van der Waals surface area contributed by atoms with Crippen molar-refractivity contribution in [3.63, 3.8) is 0 Å². The first-order valence-corrected chi connectivity index (χ1v) is 11.0. The highest BCUT2D eigenvalue weighted by Crippen LogP contribution is 2.14. The van der Waals surface area contributed by atoms with Gasteiger partial charge in [0, 0.05) is 25.7 Å². The van der Waals surface area contributed by atoms with E-state index in [2.05, 4.69) is 35.6 Å². The lowest BCUT2D eigenvalue weighted by molar-refractivity contribution is -0.0444. The van der Waals surface area contributed by atoms with Crippen molar-refractivity contribution in [1.82, 2.24) is 13.9 Å². The van der Waals surface area contributed by atoms with Crippen molar-refractivity contribution in [2.75, 3.05) is 32.7 Å². The Kier molecular flexibility index (Phi) is 8.04. The van der Waals surface area contributed by atoms with Gasteiger partial charge in [-0.15, -0.1) is 0 Å². The van der Waals surface area contributed by atoms with Gasteiger partial charge in [-0.05, 0) is 38.9 Å². The fraction of sp³-hybridized carbons (Fsp3) is 0.684. The molecule has 0 radical (unpaired) electrons. The van der Waals surface area contributed by atoms with Gasteiger partial charge in [-0.3, -0.25) is 4.90 Å². The van der Waals surface area contributed by atoms with E-state index < -0.39 is 10.2 Å². The first kappa shape index (κ1) is 21.3. The van der Waals surface area contributed by atoms with Crippen molar-refractivity contribution in [2.24, 2.45) is 0 Å². The van der Waals surface area contributed by atoms with Crippen LogP contribution in [0.5, 0.6) is 0 Å². The molecular formula is C19H33N3O3S. The summed E-state index contributed by atoms with van der Waals surface area (Å²) in [4.78, 5) is 2.31. The van der Waals surface area contributed by atoms with Crippen LogP contribution in [0.25, 0.3) is 0 Å². The van der Waals surface area contributed by atoms with Crippen molar-refractivity contribution < 1.29 is 13.2 Å². The van der Waals surface area contributed by atoms with E-state index in [1.807, 2.05) is 32.0 Å². The van der Waals surface area contributed by atoms with Gasteiger partial charge in [-0.2, -0.15) is 12.7 Å². The third-order valence-corrected chi connectivity index (χ3v) is 6.38. The van der Waals surface area contributed by atoms with Crippen molar-refractivity contribution in [2.45, 2.75) is 52.4 Å². The maximum atomic E-state index is 12.8. The summed E-state index contributed by atoms with van der Waals surface area (Å²) in [5, 5.41) is 0. The van der Waals surface area contributed by atoms with Crippen LogP contribution in [-0.4, -0.2) is 68.6 Å². The minimum Gasteiger partial charge on any atom is -0.373 e. The number of rotatable bonds is 9. The molecule has 1 heterocycles. The van der Waals surface area contributed by atoms with Gasteiger partial charge in [0.05, 0.1) is 12.2 Å². The Hall–Kier alpha value is -0.990. The highest BCUT2D eigenvalue weighted by Gasteiger charge is 2.31. The first-order chi connectivity index (χ1) is 12.4. The molecule has 0 amide bonds. The van der Waals surface area contributed by atoms with Gasteiger partial charge in [0.15, 0.2) is 0 Å². The SMILES string of the molecule is CCN(CC)[C@H](CNS(=O)(=O)N1C[C@@H](C)O[C@@H](C)C1)Cc1ccccc1. The smallest absolute Gasteiger partial charge is 0.279 e. The van der Waals surface area contributed by atoms with Crippen LogP contribution >= 0.6 is 0 Å². The molecule has 148 valence electrons. The van der Waals surface area contributed by atoms with Crippen LogP contribution in [0.3, 0.4) is 0 Å². The summed E-state index contributed by atoms with van der Waals surface area (Å²) in [6.45, 7) is 11.0. The molecule has 1 aliphatic rings. The summed E-state index contributed by atoms with van der Waals surface area (Å²) in [5.41, 5.74) is 1.22. The summed E-state index contributed by atoms with van der Waals surface area (Å²) in [6, 6.07) is 10.4. The van der Waals surface area contributed by atoms with Crippen LogP contribution in [0.2, 0.25) is 0 Å². The molecule has 0 saturated carbocycles. The number of nitrogens with zero attached hydrogens (tertiary/aromatic N) is 2. The second-order valence-corrected chi connectivity index (χ2v) is 8.75. The van der Waals surface area contributed by atoms with E-state index in [1.54, 1.807) is 0 Å². The number of likely N-dealkylation sites (N-methyl/N-ethyl adjacent to an activating group) is 1. The second kappa shape index (κ2) is 9.80. The molecule has 1 fully saturated rings. The van der Waals surface area contributed by atoms with Crippen molar-refractivity contribution >= 4 is 10.2 Å². The van der Waals surface area contributed by atoms with Crippen LogP contribution in [-0.2, 0) is 21.4 Å². The molecule has 1 aromatic carbocycles. The quantitative estimate of drug-likeness (QED) is 0.707. The summed E-state index contributed by atoms with van der Waals surface area (Å²) >= 11 is 0. The van der Waals surface area contributed by atoms with Gasteiger partial charge in [0.25, 0.3) is 10.2 Å². The third-order valence-electron chi connectivity index (χ3n) is 4.87. The predicted molar refractivity (Wildman–Crippen MR) is 105 cm³/mol. The predicted octanol–water partition coefficient (Wildman–Crippen LogP) is 1.88. The molecule has 0 spiro atoms. The van der Waals surface area contributed by atoms with Crippen LogP contribution in [0.4, 0.5) is 0 Å².